The minimum Gasteiger partial charge on any atom is -0.380 e. The Labute approximate surface area is 344 Å². The molecule has 15 nitrogen and oxygen atoms in total. The number of fused-ring (bicyclic) bond motifs is 2. The van der Waals surface area contributed by atoms with E-state index in [1.807, 2.05) is 25.3 Å². The maximum atomic E-state index is 12.2. The maximum Gasteiger partial charge on any atom is 0.237 e. The Kier molecular flexibility index (Phi) is 29.4. The van der Waals surface area contributed by atoms with Crippen LogP contribution in [0.15, 0.2) is 35.4 Å². The fraction of sp³-hybridized carbons (Fsp3) is 0.738. The number of carbonyl (C=O) groups excluding carboxylic acids is 4. The number of methoxy groups -OCH3 is 2. The molecule has 2 saturated heterocycles. The number of likely N-dealkylation sites (N-methyl/N-ethyl adjacent to an activating group) is 1. The summed E-state index contributed by atoms with van der Waals surface area (Å²) in [6.45, 7) is 15.8. The molecule has 2 bridgehead atoms. The molecule has 3 fully saturated rings. The lowest BCUT2D eigenvalue weighted by atomic mass is 9.92. The van der Waals surface area contributed by atoms with Gasteiger partial charge in [-0.1, -0.05) is 90.3 Å². The fourth-order valence-electron chi connectivity index (χ4n) is 7.54. The number of amides is 3. The van der Waals surface area contributed by atoms with Crippen molar-refractivity contribution in [3.05, 3.63) is 35.9 Å². The Balaban J connectivity index is 0.000000757. The first kappa shape index (κ1) is 53.4. The van der Waals surface area contributed by atoms with Crippen molar-refractivity contribution in [2.45, 2.75) is 136 Å². The number of hydrazine groups is 1. The number of nitrogens with two attached hydrogens (primary N) is 2. The average Bonchev–Trinajstić information content (AvgIpc) is 3.99. The van der Waals surface area contributed by atoms with E-state index in [1.54, 1.807) is 18.9 Å². The predicted molar refractivity (Wildman–Crippen MR) is 230 cm³/mol. The number of benzene rings is 1. The van der Waals surface area contributed by atoms with Crippen LogP contribution >= 0.6 is 0 Å². The summed E-state index contributed by atoms with van der Waals surface area (Å²) in [6, 6.07) is 11.2. The van der Waals surface area contributed by atoms with Gasteiger partial charge in [0.05, 0.1) is 43.3 Å². The highest BCUT2D eigenvalue weighted by Gasteiger charge is 2.42. The number of aldehydes is 1. The van der Waals surface area contributed by atoms with Gasteiger partial charge < -0.3 is 51.3 Å². The molecule has 2 aliphatic heterocycles. The van der Waals surface area contributed by atoms with Crippen molar-refractivity contribution >= 4 is 30.3 Å². The second-order valence-electron chi connectivity index (χ2n) is 15.2. The topological polar surface area (TPSA) is 206 Å². The van der Waals surface area contributed by atoms with Gasteiger partial charge in [-0.2, -0.15) is 5.10 Å². The van der Waals surface area contributed by atoms with E-state index in [9.17, 15) is 19.2 Å². The predicted octanol–water partition coefficient (Wildman–Crippen LogP) is 3.35. The van der Waals surface area contributed by atoms with Crippen molar-refractivity contribution in [1.29, 1.82) is 0 Å². The molecule has 8 N–H and O–H groups in total. The lowest BCUT2D eigenvalue weighted by Crippen LogP contribution is -2.49. The number of amidine groups is 1. The minimum absolute atomic E-state index is 0.0145. The van der Waals surface area contributed by atoms with Crippen LogP contribution in [-0.4, -0.2) is 124 Å². The molecule has 3 aliphatic rings. The van der Waals surface area contributed by atoms with Crippen LogP contribution in [0.4, 0.5) is 0 Å². The summed E-state index contributed by atoms with van der Waals surface area (Å²) < 4.78 is 11.0. The molecule has 0 spiro atoms. The van der Waals surface area contributed by atoms with Crippen molar-refractivity contribution < 1.29 is 28.7 Å². The van der Waals surface area contributed by atoms with Crippen LogP contribution in [0.2, 0.25) is 0 Å². The van der Waals surface area contributed by atoms with Crippen LogP contribution in [0.1, 0.15) is 98.5 Å². The first-order valence-corrected chi connectivity index (χ1v) is 20.7. The molecular weight excluding hydrogens is 727 g/mol. The quantitative estimate of drug-likeness (QED) is 0.0470. The molecule has 3 amide bonds. The highest BCUT2D eigenvalue weighted by molar-refractivity contribution is 5.88. The number of nitrogens with one attached hydrogen (secondary N) is 4. The Morgan fingerprint density at radius 1 is 1.02 bits per heavy atom. The standard InChI is InChI=1S/C12H24N6O3.C11H25NO.C9H14N2O2.C7H8.C3H8/c1-8(12(20)15-6-10(16-13)17-14)11(21-2)9-4-3-5-18(9)7-19;1-7-9(3)11(12(4)5)10(8-2)13-6;12-4-3-10-9(13)8-6-1-2-7(5-6)11-8;1-7-5-3-2-4-6-7;1-3-2/h7-9,11H,3-6,13-14H2,1-2H3,(H,15,20)(H,16,17);9-11H,7-8H2,1-6H3;4,6-8,11H,1-3,5H2,(H,10,13);2-6H,1H3;3H2,1-2H3. The number of hydrazone groups is 1. The van der Waals surface area contributed by atoms with Crippen LogP contribution in [0, 0.1) is 24.7 Å². The van der Waals surface area contributed by atoms with Gasteiger partial charge in [-0.25, -0.2) is 5.84 Å². The molecule has 1 aromatic carbocycles. The molecule has 1 aliphatic carbocycles. The van der Waals surface area contributed by atoms with Gasteiger partial charge in [-0.05, 0) is 71.4 Å². The zero-order valence-electron chi connectivity index (χ0n) is 37.0. The summed E-state index contributed by atoms with van der Waals surface area (Å²) in [7, 11) is 7.63. The van der Waals surface area contributed by atoms with Crippen molar-refractivity contribution in [3.8, 4) is 0 Å². The van der Waals surface area contributed by atoms with Crippen LogP contribution in [-0.2, 0) is 28.7 Å². The zero-order valence-corrected chi connectivity index (χ0v) is 37.0. The third-order valence-electron chi connectivity index (χ3n) is 10.6. The third kappa shape index (κ3) is 19.6. The number of rotatable bonds is 16. The number of nitrogens with zero attached hydrogens (tertiary/aromatic N) is 3. The van der Waals surface area contributed by atoms with E-state index in [0.29, 0.717) is 42.9 Å². The van der Waals surface area contributed by atoms with Crippen molar-refractivity contribution in [3.63, 3.8) is 0 Å². The Morgan fingerprint density at radius 3 is 2.07 bits per heavy atom. The summed E-state index contributed by atoms with van der Waals surface area (Å²) in [6.07, 6.45) is 10.3. The monoisotopic (exact) mass is 806 g/mol. The van der Waals surface area contributed by atoms with Gasteiger partial charge in [0.2, 0.25) is 18.2 Å². The normalized spacial score (nSPS) is 21.9. The highest BCUT2D eigenvalue weighted by atomic mass is 16.5. The number of piperidine rings is 1. The number of hydrogen-bond donors (Lipinski definition) is 6. The second-order valence-corrected chi connectivity index (χ2v) is 15.2. The van der Waals surface area contributed by atoms with Crippen LogP contribution in [0.3, 0.4) is 0 Å². The lowest BCUT2D eigenvalue weighted by molar-refractivity contribution is -0.133. The van der Waals surface area contributed by atoms with Crippen LogP contribution in [0.25, 0.3) is 0 Å². The van der Waals surface area contributed by atoms with Gasteiger partial charge in [0.25, 0.3) is 0 Å². The molecule has 2 heterocycles. The zero-order chi connectivity index (χ0) is 43.3. The highest BCUT2D eigenvalue weighted by Crippen LogP contribution is 2.35. The molecule has 328 valence electrons. The minimum atomic E-state index is -0.419. The molecule has 15 heteroatoms. The number of ether oxygens (including phenoxy) is 2. The SMILES string of the molecule is CCC.CCC(C)C(C(CC)OC)N(C)C.COC(C(C)C(=O)NC/C(=N/N)NN)C1CCCN1C=O.Cc1ccccc1.O=CCNC(=O)C1NC2CCC1C2. The summed E-state index contributed by atoms with van der Waals surface area (Å²) in [5, 5.41) is 11.9. The molecule has 0 aromatic heterocycles. The van der Waals surface area contributed by atoms with Gasteiger partial charge in [-0.3, -0.25) is 14.4 Å². The molecular formula is C42H79N9O6. The van der Waals surface area contributed by atoms with E-state index < -0.39 is 5.92 Å². The van der Waals surface area contributed by atoms with Gasteiger partial charge in [0, 0.05) is 32.8 Å². The van der Waals surface area contributed by atoms with Gasteiger partial charge in [0.1, 0.15) is 6.29 Å². The third-order valence-corrected chi connectivity index (χ3v) is 10.6. The number of likely N-dealkylation sites (tertiary alicyclic amines) is 1. The molecule has 4 rings (SSSR count). The lowest BCUT2D eigenvalue weighted by Gasteiger charge is -2.35. The average molecular weight is 806 g/mol. The van der Waals surface area contributed by atoms with Crippen molar-refractivity contribution in [2.75, 3.05) is 47.9 Å². The molecule has 57 heavy (non-hydrogen) atoms. The molecule has 1 aromatic rings. The van der Waals surface area contributed by atoms with E-state index in [1.165, 1.54) is 24.8 Å². The summed E-state index contributed by atoms with van der Waals surface area (Å²) in [5.41, 5.74) is 3.61. The number of carbonyl (C=O) groups is 4. The second kappa shape index (κ2) is 31.4. The molecule has 9 unspecified atom stereocenters. The van der Waals surface area contributed by atoms with Crippen LogP contribution < -0.4 is 33.1 Å². The van der Waals surface area contributed by atoms with Gasteiger partial charge >= 0.3 is 0 Å². The smallest absolute Gasteiger partial charge is 0.237 e. The van der Waals surface area contributed by atoms with Crippen molar-refractivity contribution in [1.82, 2.24) is 31.2 Å². The van der Waals surface area contributed by atoms with E-state index >= 15 is 0 Å². The first-order chi connectivity index (χ1) is 27.3. The first-order valence-electron chi connectivity index (χ1n) is 20.7. The number of hydrogen-bond acceptors (Lipinski definition) is 11. The van der Waals surface area contributed by atoms with Crippen molar-refractivity contribution in [2.24, 2.45) is 34.5 Å². The number of aryl methyl sites for hydroxylation is 1. The van der Waals surface area contributed by atoms with E-state index in [4.69, 9.17) is 21.2 Å². The van der Waals surface area contributed by atoms with Gasteiger partial charge in [-0.15, -0.1) is 0 Å². The summed E-state index contributed by atoms with van der Waals surface area (Å²) in [5.74, 6) is 11.1. The van der Waals surface area contributed by atoms with E-state index in [-0.39, 0.29) is 48.9 Å². The Hall–Kier alpha value is -3.63. The van der Waals surface area contributed by atoms with Gasteiger partial charge in [0.15, 0.2) is 5.84 Å². The van der Waals surface area contributed by atoms with E-state index in [0.717, 1.165) is 38.5 Å². The molecule has 0 radical (unpaired) electrons. The van der Waals surface area contributed by atoms with Crippen LogP contribution in [0.5, 0.6) is 0 Å². The maximum absolute atomic E-state index is 12.2. The fourth-order valence-corrected chi connectivity index (χ4v) is 7.54. The Bertz CT molecular complexity index is 1250. The summed E-state index contributed by atoms with van der Waals surface area (Å²) in [4.78, 5) is 48.7. The summed E-state index contributed by atoms with van der Waals surface area (Å²) >= 11 is 0. The molecule has 9 atom stereocenters. The molecule has 1 saturated carbocycles. The Morgan fingerprint density at radius 2 is 1.67 bits per heavy atom. The largest absolute Gasteiger partial charge is 0.380 e. The van der Waals surface area contributed by atoms with E-state index in [2.05, 4.69) is 99.1 Å².